The second-order valence-electron chi connectivity index (χ2n) is 6.18. The Morgan fingerprint density at radius 3 is 2.82 bits per heavy atom. The number of amides is 1. The van der Waals surface area contributed by atoms with Crippen molar-refractivity contribution in [3.63, 3.8) is 0 Å². The van der Waals surface area contributed by atoms with Crippen LogP contribution in [0.4, 0.5) is 5.69 Å². The molecule has 1 N–H and O–H groups in total. The first-order valence-electron chi connectivity index (χ1n) is 7.66. The number of aryl methyl sites for hydroxylation is 2. The van der Waals surface area contributed by atoms with Gasteiger partial charge in [-0.3, -0.25) is 4.79 Å². The number of aromatic nitrogens is 1. The second-order valence-corrected chi connectivity index (χ2v) is 6.18. The lowest BCUT2D eigenvalue weighted by Crippen LogP contribution is -2.37. The Morgan fingerprint density at radius 1 is 1.32 bits per heavy atom. The van der Waals surface area contributed by atoms with E-state index in [1.165, 1.54) is 12.8 Å². The molecule has 2 aromatic rings. The molecule has 114 valence electrons. The smallest absolute Gasteiger partial charge is 0.265 e. The van der Waals surface area contributed by atoms with Gasteiger partial charge in [-0.2, -0.15) is 0 Å². The number of carbonyl (C=O) groups is 1. The fraction of sp³-hybridized carbons (Fsp3) is 0.412. The summed E-state index contributed by atoms with van der Waals surface area (Å²) in [5, 5.41) is 6.94. The molecule has 1 fully saturated rings. The number of carbonyl (C=O) groups excluding carboxylic acids is 1. The van der Waals surface area contributed by atoms with Gasteiger partial charge in [-0.15, -0.1) is 0 Å². The van der Waals surface area contributed by atoms with Gasteiger partial charge in [0.15, 0.2) is 6.10 Å². The number of ether oxygens (including phenoxy) is 1. The quantitative estimate of drug-likeness (QED) is 0.942. The minimum absolute atomic E-state index is 0.0375. The zero-order valence-electron chi connectivity index (χ0n) is 12.7. The van der Waals surface area contributed by atoms with Gasteiger partial charge in [-0.05, 0) is 43.9 Å². The number of nitrogens with one attached hydrogen (secondary N) is 1. The third-order valence-corrected chi connectivity index (χ3v) is 4.37. The summed E-state index contributed by atoms with van der Waals surface area (Å²) in [6.07, 6.45) is 2.85. The van der Waals surface area contributed by atoms with E-state index in [0.717, 1.165) is 40.4 Å². The van der Waals surface area contributed by atoms with E-state index in [9.17, 15) is 4.79 Å². The number of benzene rings is 1. The van der Waals surface area contributed by atoms with Crippen LogP contribution in [-0.2, 0) is 4.79 Å². The Bertz CT molecular complexity index is 727. The van der Waals surface area contributed by atoms with Crippen LogP contribution >= 0.6 is 0 Å². The minimum Gasteiger partial charge on any atom is -0.478 e. The van der Waals surface area contributed by atoms with Crippen molar-refractivity contribution in [1.29, 1.82) is 0 Å². The number of hydrogen-bond acceptors (Lipinski definition) is 4. The summed E-state index contributed by atoms with van der Waals surface area (Å²) in [5.74, 6) is 2.11. The van der Waals surface area contributed by atoms with Gasteiger partial charge in [-0.25, -0.2) is 0 Å². The maximum absolute atomic E-state index is 12.1. The molecule has 1 atom stereocenters. The Balaban J connectivity index is 1.67. The standard InChI is InChI=1S/C17H18N2O3/c1-9-16(10(2)22-19-9)12-5-6-13-14(8-12)21-15(17(20)18-13)7-11-3-4-11/h5-6,8,11,15H,3-4,7H2,1-2H3,(H,18,20)/t15-/m1/s1. The molecule has 0 unspecified atom stereocenters. The van der Waals surface area contributed by atoms with Crippen LogP contribution < -0.4 is 10.1 Å². The molecule has 1 saturated carbocycles. The van der Waals surface area contributed by atoms with E-state index in [0.29, 0.717) is 5.92 Å². The molecule has 0 saturated heterocycles. The van der Waals surface area contributed by atoms with Crippen molar-refractivity contribution >= 4 is 11.6 Å². The molecular weight excluding hydrogens is 280 g/mol. The molecule has 4 rings (SSSR count). The summed E-state index contributed by atoms with van der Waals surface area (Å²) >= 11 is 0. The van der Waals surface area contributed by atoms with E-state index >= 15 is 0 Å². The SMILES string of the molecule is Cc1noc(C)c1-c1ccc2c(c1)O[C@H](CC1CC1)C(=O)N2. The highest BCUT2D eigenvalue weighted by Gasteiger charge is 2.34. The van der Waals surface area contributed by atoms with Crippen molar-refractivity contribution in [3.8, 4) is 16.9 Å². The van der Waals surface area contributed by atoms with Crippen LogP contribution in [0.1, 0.15) is 30.7 Å². The van der Waals surface area contributed by atoms with Crippen LogP contribution in [0.15, 0.2) is 22.7 Å². The van der Waals surface area contributed by atoms with Crippen LogP contribution in [0, 0.1) is 19.8 Å². The first-order valence-corrected chi connectivity index (χ1v) is 7.66. The predicted molar refractivity (Wildman–Crippen MR) is 81.8 cm³/mol. The Labute approximate surface area is 128 Å². The maximum atomic E-state index is 12.1. The lowest BCUT2D eigenvalue weighted by molar-refractivity contribution is -0.124. The molecule has 1 aliphatic heterocycles. The fourth-order valence-corrected chi connectivity index (χ4v) is 3.01. The second kappa shape index (κ2) is 4.87. The third kappa shape index (κ3) is 2.26. The van der Waals surface area contributed by atoms with E-state index in [2.05, 4.69) is 10.5 Å². The van der Waals surface area contributed by atoms with Crippen molar-refractivity contribution in [2.75, 3.05) is 5.32 Å². The highest BCUT2D eigenvalue weighted by Crippen LogP contribution is 2.40. The van der Waals surface area contributed by atoms with Crippen molar-refractivity contribution in [3.05, 3.63) is 29.7 Å². The molecule has 1 aromatic heterocycles. The topological polar surface area (TPSA) is 64.4 Å². The number of rotatable bonds is 3. The van der Waals surface area contributed by atoms with Crippen molar-refractivity contribution in [1.82, 2.24) is 5.16 Å². The number of fused-ring (bicyclic) bond motifs is 1. The van der Waals surface area contributed by atoms with Crippen LogP contribution in [-0.4, -0.2) is 17.2 Å². The molecule has 5 heteroatoms. The summed E-state index contributed by atoms with van der Waals surface area (Å²) in [6, 6.07) is 5.79. The molecule has 1 amide bonds. The Hall–Kier alpha value is -2.30. The molecule has 5 nitrogen and oxygen atoms in total. The minimum atomic E-state index is -0.375. The van der Waals surface area contributed by atoms with E-state index in [4.69, 9.17) is 9.26 Å². The molecule has 2 heterocycles. The first-order chi connectivity index (χ1) is 10.6. The van der Waals surface area contributed by atoms with Crippen molar-refractivity contribution in [2.45, 2.75) is 39.2 Å². The first kappa shape index (κ1) is 13.4. The molecule has 0 spiro atoms. The molecule has 1 aliphatic carbocycles. The highest BCUT2D eigenvalue weighted by molar-refractivity contribution is 5.98. The zero-order valence-corrected chi connectivity index (χ0v) is 12.7. The van der Waals surface area contributed by atoms with Gasteiger partial charge >= 0.3 is 0 Å². The van der Waals surface area contributed by atoms with Gasteiger partial charge in [0, 0.05) is 5.56 Å². The zero-order chi connectivity index (χ0) is 15.3. The summed E-state index contributed by atoms with van der Waals surface area (Å²) in [6.45, 7) is 3.82. The summed E-state index contributed by atoms with van der Waals surface area (Å²) in [4.78, 5) is 12.1. The lowest BCUT2D eigenvalue weighted by Gasteiger charge is -2.26. The van der Waals surface area contributed by atoms with Crippen LogP contribution in [0.3, 0.4) is 0 Å². The lowest BCUT2D eigenvalue weighted by atomic mass is 10.0. The fourth-order valence-electron chi connectivity index (χ4n) is 3.01. The summed E-state index contributed by atoms with van der Waals surface area (Å²) in [7, 11) is 0. The highest BCUT2D eigenvalue weighted by atomic mass is 16.5. The van der Waals surface area contributed by atoms with Gasteiger partial charge in [0.2, 0.25) is 0 Å². The van der Waals surface area contributed by atoms with Crippen molar-refractivity contribution in [2.24, 2.45) is 5.92 Å². The predicted octanol–water partition coefficient (Wildman–Crippen LogP) is 3.46. The number of anilines is 1. The largest absolute Gasteiger partial charge is 0.478 e. The van der Waals surface area contributed by atoms with Gasteiger partial charge < -0.3 is 14.6 Å². The molecule has 2 aliphatic rings. The van der Waals surface area contributed by atoms with Gasteiger partial charge in [0.05, 0.1) is 11.4 Å². The molecule has 22 heavy (non-hydrogen) atoms. The number of nitrogens with zero attached hydrogens (tertiary/aromatic N) is 1. The normalized spacial score (nSPS) is 20.3. The van der Waals surface area contributed by atoms with Gasteiger partial charge in [0.1, 0.15) is 11.5 Å². The molecule has 0 bridgehead atoms. The van der Waals surface area contributed by atoms with Crippen LogP contribution in [0.2, 0.25) is 0 Å². The average molecular weight is 298 g/mol. The monoisotopic (exact) mass is 298 g/mol. The molecular formula is C17H18N2O3. The van der Waals surface area contributed by atoms with E-state index in [-0.39, 0.29) is 12.0 Å². The Morgan fingerprint density at radius 2 is 2.14 bits per heavy atom. The Kier molecular flexibility index (Phi) is 2.96. The van der Waals surface area contributed by atoms with Crippen LogP contribution in [0.5, 0.6) is 5.75 Å². The van der Waals surface area contributed by atoms with Crippen LogP contribution in [0.25, 0.3) is 11.1 Å². The summed E-state index contributed by atoms with van der Waals surface area (Å²) in [5.41, 5.74) is 3.57. The van der Waals surface area contributed by atoms with E-state index in [1.54, 1.807) is 0 Å². The maximum Gasteiger partial charge on any atom is 0.265 e. The van der Waals surface area contributed by atoms with E-state index in [1.807, 2.05) is 32.0 Å². The molecule has 1 aromatic carbocycles. The van der Waals surface area contributed by atoms with Gasteiger partial charge in [0.25, 0.3) is 5.91 Å². The van der Waals surface area contributed by atoms with Gasteiger partial charge in [-0.1, -0.05) is 24.1 Å². The third-order valence-electron chi connectivity index (χ3n) is 4.37. The van der Waals surface area contributed by atoms with E-state index < -0.39 is 0 Å². The van der Waals surface area contributed by atoms with Crippen molar-refractivity contribution < 1.29 is 14.1 Å². The molecule has 0 radical (unpaired) electrons. The summed E-state index contributed by atoms with van der Waals surface area (Å²) < 4.78 is 11.2. The average Bonchev–Trinajstić information content (AvgIpc) is 3.24. The number of hydrogen-bond donors (Lipinski definition) is 1.